The van der Waals surface area contributed by atoms with Crippen molar-refractivity contribution in [3.8, 4) is 0 Å². The van der Waals surface area contributed by atoms with E-state index in [-0.39, 0.29) is 5.91 Å². The molecule has 0 spiro atoms. The third-order valence-corrected chi connectivity index (χ3v) is 4.44. The van der Waals surface area contributed by atoms with Crippen molar-refractivity contribution in [1.82, 2.24) is 5.32 Å². The molecule has 0 heterocycles. The van der Waals surface area contributed by atoms with Crippen molar-refractivity contribution in [3.05, 3.63) is 29.8 Å². The zero-order chi connectivity index (χ0) is 14.4. The highest BCUT2D eigenvalue weighted by Gasteiger charge is 2.21. The van der Waals surface area contributed by atoms with Gasteiger partial charge in [-0.1, -0.05) is 38.3 Å². The first kappa shape index (κ1) is 14.9. The van der Waals surface area contributed by atoms with Gasteiger partial charge in [0.05, 0.1) is 0 Å². The van der Waals surface area contributed by atoms with E-state index in [1.165, 1.54) is 25.7 Å². The molecule has 1 aliphatic rings. The third kappa shape index (κ3) is 4.55. The standard InChI is InChI=1S/C17H26N2O/c1-13-5-2-3-7-15(13)12-19-17(20)10-9-14-6-4-8-16(18)11-14/h4,6,8,11,13,15H,2-3,5,7,9-10,12,18H2,1H3,(H,19,20). The number of aryl methyl sites for hydroxylation is 1. The summed E-state index contributed by atoms with van der Waals surface area (Å²) in [5.41, 5.74) is 7.63. The van der Waals surface area contributed by atoms with Crippen LogP contribution in [0.2, 0.25) is 0 Å². The van der Waals surface area contributed by atoms with Crippen LogP contribution in [-0.4, -0.2) is 12.5 Å². The normalized spacial score (nSPS) is 22.4. The number of hydrogen-bond donors (Lipinski definition) is 2. The molecule has 1 fully saturated rings. The first-order valence-corrected chi connectivity index (χ1v) is 7.76. The molecule has 0 radical (unpaired) electrons. The maximum Gasteiger partial charge on any atom is 0.220 e. The second-order valence-electron chi connectivity index (χ2n) is 6.07. The summed E-state index contributed by atoms with van der Waals surface area (Å²) in [5, 5.41) is 3.10. The zero-order valence-corrected chi connectivity index (χ0v) is 12.4. The second kappa shape index (κ2) is 7.32. The predicted molar refractivity (Wildman–Crippen MR) is 83.3 cm³/mol. The highest BCUT2D eigenvalue weighted by molar-refractivity contribution is 5.76. The molecule has 0 aliphatic heterocycles. The lowest BCUT2D eigenvalue weighted by atomic mass is 9.80. The van der Waals surface area contributed by atoms with Crippen molar-refractivity contribution >= 4 is 11.6 Å². The molecule has 0 bridgehead atoms. The van der Waals surface area contributed by atoms with Crippen LogP contribution in [0.5, 0.6) is 0 Å². The van der Waals surface area contributed by atoms with Gasteiger partial charge in [0, 0.05) is 18.7 Å². The zero-order valence-electron chi connectivity index (χ0n) is 12.4. The molecule has 1 saturated carbocycles. The van der Waals surface area contributed by atoms with Crippen LogP contribution in [0, 0.1) is 11.8 Å². The highest BCUT2D eigenvalue weighted by atomic mass is 16.1. The Morgan fingerprint density at radius 2 is 2.15 bits per heavy atom. The van der Waals surface area contributed by atoms with Crippen LogP contribution in [0.4, 0.5) is 5.69 Å². The van der Waals surface area contributed by atoms with Gasteiger partial charge in [-0.15, -0.1) is 0 Å². The Balaban J connectivity index is 1.70. The van der Waals surface area contributed by atoms with E-state index < -0.39 is 0 Å². The third-order valence-electron chi connectivity index (χ3n) is 4.44. The number of nitrogens with two attached hydrogens (primary N) is 1. The van der Waals surface area contributed by atoms with E-state index in [1.54, 1.807) is 0 Å². The molecule has 110 valence electrons. The van der Waals surface area contributed by atoms with Crippen LogP contribution < -0.4 is 11.1 Å². The molecule has 2 rings (SSSR count). The van der Waals surface area contributed by atoms with Gasteiger partial charge in [0.15, 0.2) is 0 Å². The molecular weight excluding hydrogens is 248 g/mol. The number of carbonyl (C=O) groups is 1. The largest absolute Gasteiger partial charge is 0.399 e. The summed E-state index contributed by atoms with van der Waals surface area (Å²) in [7, 11) is 0. The number of hydrogen-bond acceptors (Lipinski definition) is 2. The molecule has 3 nitrogen and oxygen atoms in total. The van der Waals surface area contributed by atoms with Gasteiger partial charge in [0.1, 0.15) is 0 Å². The first-order valence-electron chi connectivity index (χ1n) is 7.76. The number of carbonyl (C=O) groups excluding carboxylic acids is 1. The fourth-order valence-corrected chi connectivity index (χ4v) is 3.04. The van der Waals surface area contributed by atoms with Crippen molar-refractivity contribution in [1.29, 1.82) is 0 Å². The predicted octanol–water partition coefficient (Wildman–Crippen LogP) is 3.14. The number of benzene rings is 1. The average Bonchev–Trinajstić information content (AvgIpc) is 2.44. The molecule has 2 unspecified atom stereocenters. The Kier molecular flexibility index (Phi) is 5.45. The van der Waals surface area contributed by atoms with Crippen LogP contribution in [-0.2, 0) is 11.2 Å². The van der Waals surface area contributed by atoms with E-state index in [0.717, 1.165) is 30.1 Å². The van der Waals surface area contributed by atoms with Crippen molar-refractivity contribution in [2.75, 3.05) is 12.3 Å². The van der Waals surface area contributed by atoms with Crippen molar-refractivity contribution < 1.29 is 4.79 Å². The molecule has 0 aromatic heterocycles. The van der Waals surface area contributed by atoms with Gasteiger partial charge in [-0.3, -0.25) is 4.79 Å². The molecule has 1 amide bonds. The van der Waals surface area contributed by atoms with Crippen LogP contribution in [0.25, 0.3) is 0 Å². The average molecular weight is 274 g/mol. The fourth-order valence-electron chi connectivity index (χ4n) is 3.04. The van der Waals surface area contributed by atoms with E-state index in [4.69, 9.17) is 5.73 Å². The molecule has 1 aromatic carbocycles. The van der Waals surface area contributed by atoms with Crippen LogP contribution in [0.1, 0.15) is 44.6 Å². The van der Waals surface area contributed by atoms with Gasteiger partial charge in [-0.25, -0.2) is 0 Å². The van der Waals surface area contributed by atoms with E-state index in [9.17, 15) is 4.79 Å². The first-order chi connectivity index (χ1) is 9.65. The summed E-state index contributed by atoms with van der Waals surface area (Å²) in [5.74, 6) is 1.57. The SMILES string of the molecule is CC1CCCCC1CNC(=O)CCc1cccc(N)c1. The van der Waals surface area contributed by atoms with Crippen molar-refractivity contribution in [2.45, 2.75) is 45.4 Å². The lowest BCUT2D eigenvalue weighted by Gasteiger charge is -2.28. The molecule has 2 atom stereocenters. The number of amides is 1. The molecule has 1 aromatic rings. The van der Waals surface area contributed by atoms with Crippen molar-refractivity contribution in [2.24, 2.45) is 11.8 Å². The molecule has 3 heteroatoms. The van der Waals surface area contributed by atoms with E-state index in [2.05, 4.69) is 12.2 Å². The number of nitrogens with one attached hydrogen (secondary N) is 1. The highest BCUT2D eigenvalue weighted by Crippen LogP contribution is 2.28. The Hall–Kier alpha value is -1.51. The Morgan fingerprint density at radius 3 is 2.90 bits per heavy atom. The minimum absolute atomic E-state index is 0.158. The summed E-state index contributed by atoms with van der Waals surface area (Å²) in [6.45, 7) is 3.15. The smallest absolute Gasteiger partial charge is 0.220 e. The fraction of sp³-hybridized carbons (Fsp3) is 0.588. The van der Waals surface area contributed by atoms with Gasteiger partial charge in [-0.05, 0) is 42.4 Å². The minimum Gasteiger partial charge on any atom is -0.399 e. The summed E-state index contributed by atoms with van der Waals surface area (Å²) < 4.78 is 0. The Bertz CT molecular complexity index is 444. The topological polar surface area (TPSA) is 55.1 Å². The van der Waals surface area contributed by atoms with Crippen LogP contribution in [0.15, 0.2) is 24.3 Å². The molecule has 1 aliphatic carbocycles. The quantitative estimate of drug-likeness (QED) is 0.810. The monoisotopic (exact) mass is 274 g/mol. The maximum absolute atomic E-state index is 11.9. The minimum atomic E-state index is 0.158. The van der Waals surface area contributed by atoms with Gasteiger partial charge in [-0.2, -0.15) is 0 Å². The van der Waals surface area contributed by atoms with Crippen LogP contribution in [0.3, 0.4) is 0 Å². The van der Waals surface area contributed by atoms with E-state index in [1.807, 2.05) is 24.3 Å². The van der Waals surface area contributed by atoms with Gasteiger partial charge in [0.2, 0.25) is 5.91 Å². The van der Waals surface area contributed by atoms with Gasteiger partial charge in [0.25, 0.3) is 0 Å². The molecule has 0 saturated heterocycles. The van der Waals surface area contributed by atoms with E-state index in [0.29, 0.717) is 12.3 Å². The van der Waals surface area contributed by atoms with Gasteiger partial charge < -0.3 is 11.1 Å². The molecule has 20 heavy (non-hydrogen) atoms. The summed E-state index contributed by atoms with van der Waals surface area (Å²) >= 11 is 0. The number of nitrogen functional groups attached to an aromatic ring is 1. The maximum atomic E-state index is 11.9. The van der Waals surface area contributed by atoms with E-state index >= 15 is 0 Å². The summed E-state index contributed by atoms with van der Waals surface area (Å²) in [6, 6.07) is 7.77. The van der Waals surface area contributed by atoms with Crippen molar-refractivity contribution in [3.63, 3.8) is 0 Å². The number of anilines is 1. The summed E-state index contributed by atoms with van der Waals surface area (Å²) in [6.07, 6.45) is 6.54. The lowest BCUT2D eigenvalue weighted by molar-refractivity contribution is -0.121. The lowest BCUT2D eigenvalue weighted by Crippen LogP contribution is -2.33. The second-order valence-corrected chi connectivity index (χ2v) is 6.07. The number of rotatable bonds is 5. The molecular formula is C17H26N2O. The Morgan fingerprint density at radius 1 is 1.35 bits per heavy atom. The van der Waals surface area contributed by atoms with Crippen LogP contribution >= 0.6 is 0 Å². The Labute approximate surface area is 121 Å². The molecule has 3 N–H and O–H groups in total. The van der Waals surface area contributed by atoms with Gasteiger partial charge >= 0.3 is 0 Å². The summed E-state index contributed by atoms with van der Waals surface area (Å²) in [4.78, 5) is 11.9.